The van der Waals surface area contributed by atoms with Gasteiger partial charge in [0.25, 0.3) is 0 Å². The normalized spacial score (nSPS) is 9.00. The van der Waals surface area contributed by atoms with Crippen molar-refractivity contribution < 1.29 is 0 Å². The SMILES string of the molecule is N[C](N)N. The molecular weight excluding hydrogens is 54.0 g/mol. The first-order chi connectivity index (χ1) is 1.73. The van der Waals surface area contributed by atoms with Crippen molar-refractivity contribution >= 4 is 0 Å². The van der Waals surface area contributed by atoms with Crippen LogP contribution in [0.15, 0.2) is 0 Å². The van der Waals surface area contributed by atoms with E-state index in [-0.39, 0.29) is 6.29 Å². The number of nitrogens with two attached hydrogens (primary N) is 3. The predicted molar refractivity (Wildman–Crippen MR) is 15.8 cm³/mol. The van der Waals surface area contributed by atoms with E-state index in [0.717, 1.165) is 0 Å². The Bertz CT molecular complexity index is 8.00. The molecule has 4 heavy (non-hydrogen) atoms. The zero-order valence-electron chi connectivity index (χ0n) is 2.23. The van der Waals surface area contributed by atoms with Gasteiger partial charge in [-0.1, -0.05) is 0 Å². The standard InChI is InChI=1S/CH6N3/c2-1(3)4/h2-4H2. The van der Waals surface area contributed by atoms with Gasteiger partial charge in [0.15, 0.2) is 6.29 Å². The summed E-state index contributed by atoms with van der Waals surface area (Å²) in [7, 11) is 0. The molecule has 0 rings (SSSR count). The maximum absolute atomic E-state index is 4.58. The zero-order chi connectivity index (χ0) is 3.58. The summed E-state index contributed by atoms with van der Waals surface area (Å²) in [5.74, 6) is 0. The second kappa shape index (κ2) is 1.23. The molecule has 0 aromatic heterocycles. The van der Waals surface area contributed by atoms with Gasteiger partial charge in [-0.15, -0.1) is 0 Å². The van der Waals surface area contributed by atoms with Crippen LogP contribution in [0.1, 0.15) is 0 Å². The van der Waals surface area contributed by atoms with Crippen LogP contribution in [0.25, 0.3) is 0 Å². The Morgan fingerprint density at radius 3 is 1.00 bits per heavy atom. The van der Waals surface area contributed by atoms with Crippen LogP contribution in [0.5, 0.6) is 0 Å². The molecule has 25 valence electrons. The van der Waals surface area contributed by atoms with Crippen LogP contribution in [0.3, 0.4) is 0 Å². The minimum absolute atomic E-state index is 0.0833. The van der Waals surface area contributed by atoms with Gasteiger partial charge in [-0.2, -0.15) is 0 Å². The highest BCUT2D eigenvalue weighted by atomic mass is 15.0. The van der Waals surface area contributed by atoms with E-state index >= 15 is 0 Å². The monoisotopic (exact) mass is 60.1 g/mol. The summed E-state index contributed by atoms with van der Waals surface area (Å²) in [4.78, 5) is 0. The summed E-state index contributed by atoms with van der Waals surface area (Å²) >= 11 is 0. The second-order valence-corrected chi connectivity index (χ2v) is 0.500. The van der Waals surface area contributed by atoms with Gasteiger partial charge in [0.05, 0.1) is 0 Å². The fourth-order valence-corrected chi connectivity index (χ4v) is 0. The summed E-state index contributed by atoms with van der Waals surface area (Å²) in [6.07, 6.45) is -0.0833. The lowest BCUT2D eigenvalue weighted by Crippen LogP contribution is -2.28. The zero-order valence-corrected chi connectivity index (χ0v) is 2.23. The Labute approximate surface area is 24.8 Å². The molecule has 0 aliphatic rings. The third-order valence-corrected chi connectivity index (χ3v) is 0. The minimum Gasteiger partial charge on any atom is -0.297 e. The fourth-order valence-electron chi connectivity index (χ4n) is 0. The van der Waals surface area contributed by atoms with E-state index in [4.69, 9.17) is 0 Å². The van der Waals surface area contributed by atoms with E-state index < -0.39 is 0 Å². The first-order valence-electron chi connectivity index (χ1n) is 0.866. The Balaban J connectivity index is 2.32. The lowest BCUT2D eigenvalue weighted by Gasteiger charge is -1.81. The molecule has 0 saturated carbocycles. The quantitative estimate of drug-likeness (QED) is 0.312. The van der Waals surface area contributed by atoms with Crippen LogP contribution in [0, 0.1) is 6.29 Å². The van der Waals surface area contributed by atoms with Gasteiger partial charge in [-0.3, -0.25) is 17.2 Å². The van der Waals surface area contributed by atoms with Crippen molar-refractivity contribution in [3.05, 3.63) is 6.29 Å². The van der Waals surface area contributed by atoms with Crippen molar-refractivity contribution in [1.82, 2.24) is 0 Å². The highest BCUT2D eigenvalue weighted by Crippen LogP contribution is 1.35. The molecule has 0 saturated heterocycles. The van der Waals surface area contributed by atoms with Crippen molar-refractivity contribution in [2.75, 3.05) is 0 Å². The van der Waals surface area contributed by atoms with Gasteiger partial charge < -0.3 is 0 Å². The van der Waals surface area contributed by atoms with Gasteiger partial charge in [0.2, 0.25) is 0 Å². The Hall–Kier alpha value is -0.120. The highest BCUT2D eigenvalue weighted by Gasteiger charge is 1.68. The average Bonchev–Trinajstić information content (AvgIpc) is 0.811. The molecule has 0 aliphatic heterocycles. The topological polar surface area (TPSA) is 78.1 Å². The summed E-state index contributed by atoms with van der Waals surface area (Å²) < 4.78 is 0. The molecule has 0 bridgehead atoms. The molecule has 0 aliphatic carbocycles. The van der Waals surface area contributed by atoms with Crippen LogP contribution < -0.4 is 17.2 Å². The van der Waals surface area contributed by atoms with Crippen molar-refractivity contribution in [2.45, 2.75) is 0 Å². The van der Waals surface area contributed by atoms with Gasteiger partial charge in [-0.05, 0) is 0 Å². The Kier molecular flexibility index (Phi) is 1.19. The molecular formula is CH6N3. The smallest absolute Gasteiger partial charge is 0.162 e. The Morgan fingerprint density at radius 2 is 1.00 bits per heavy atom. The molecule has 0 aromatic carbocycles. The molecule has 3 heteroatoms. The van der Waals surface area contributed by atoms with E-state index in [9.17, 15) is 0 Å². The summed E-state index contributed by atoms with van der Waals surface area (Å²) in [6, 6.07) is 0. The molecule has 0 heterocycles. The fraction of sp³-hybridized carbons (Fsp3) is 0. The van der Waals surface area contributed by atoms with Gasteiger partial charge >= 0.3 is 0 Å². The highest BCUT2D eigenvalue weighted by molar-refractivity contribution is 4.55. The minimum atomic E-state index is -0.0833. The molecule has 0 atom stereocenters. The van der Waals surface area contributed by atoms with E-state index in [1.54, 1.807) is 0 Å². The van der Waals surface area contributed by atoms with Crippen molar-refractivity contribution in [3.63, 3.8) is 0 Å². The number of hydrogen-bond acceptors (Lipinski definition) is 3. The Morgan fingerprint density at radius 1 is 1.00 bits per heavy atom. The van der Waals surface area contributed by atoms with Crippen molar-refractivity contribution in [1.29, 1.82) is 0 Å². The van der Waals surface area contributed by atoms with Crippen LogP contribution >= 0.6 is 0 Å². The molecule has 6 N–H and O–H groups in total. The molecule has 0 fully saturated rings. The van der Waals surface area contributed by atoms with E-state index in [1.807, 2.05) is 0 Å². The molecule has 0 unspecified atom stereocenters. The number of hydrogen-bond donors (Lipinski definition) is 3. The first kappa shape index (κ1) is 3.88. The van der Waals surface area contributed by atoms with Gasteiger partial charge in [0, 0.05) is 0 Å². The summed E-state index contributed by atoms with van der Waals surface area (Å²) in [6.45, 7) is 0. The average molecular weight is 60.1 g/mol. The molecule has 0 aromatic rings. The lowest BCUT2D eigenvalue weighted by atomic mass is 11.0. The summed E-state index contributed by atoms with van der Waals surface area (Å²) in [5, 5.41) is 0. The maximum atomic E-state index is 4.58. The largest absolute Gasteiger partial charge is 0.297 e. The third-order valence-electron chi connectivity index (χ3n) is 0. The number of rotatable bonds is 0. The summed E-state index contributed by atoms with van der Waals surface area (Å²) in [5.41, 5.74) is 13.8. The molecule has 0 spiro atoms. The molecule has 0 amide bonds. The van der Waals surface area contributed by atoms with Crippen molar-refractivity contribution in [3.8, 4) is 0 Å². The van der Waals surface area contributed by atoms with E-state index in [0.29, 0.717) is 0 Å². The van der Waals surface area contributed by atoms with Crippen LogP contribution in [-0.2, 0) is 0 Å². The molecule has 1 radical (unpaired) electrons. The second-order valence-electron chi connectivity index (χ2n) is 0.500. The van der Waals surface area contributed by atoms with Crippen LogP contribution in [0.4, 0.5) is 0 Å². The van der Waals surface area contributed by atoms with E-state index in [1.165, 1.54) is 0 Å². The predicted octanol–water partition coefficient (Wildman–Crippen LogP) is -1.69. The van der Waals surface area contributed by atoms with Crippen LogP contribution in [-0.4, -0.2) is 0 Å². The van der Waals surface area contributed by atoms with Gasteiger partial charge in [0.1, 0.15) is 0 Å². The molecule has 3 nitrogen and oxygen atoms in total. The van der Waals surface area contributed by atoms with E-state index in [2.05, 4.69) is 17.2 Å². The van der Waals surface area contributed by atoms with Gasteiger partial charge in [-0.25, -0.2) is 0 Å². The third kappa shape index (κ3) is 101. The lowest BCUT2D eigenvalue weighted by molar-refractivity contribution is 0.954. The van der Waals surface area contributed by atoms with Crippen molar-refractivity contribution in [2.24, 2.45) is 17.2 Å². The maximum Gasteiger partial charge on any atom is 0.162 e. The first-order valence-corrected chi connectivity index (χ1v) is 0.866. The van der Waals surface area contributed by atoms with Crippen LogP contribution in [0.2, 0.25) is 0 Å².